The third-order valence-electron chi connectivity index (χ3n) is 2.72. The topological polar surface area (TPSA) is 0 Å². The van der Waals surface area contributed by atoms with Crippen molar-refractivity contribution in [2.75, 3.05) is 0 Å². The van der Waals surface area contributed by atoms with Gasteiger partial charge in [-0.2, -0.15) is 0 Å². The molecule has 0 aromatic carbocycles. The van der Waals surface area contributed by atoms with E-state index >= 15 is 0 Å². The van der Waals surface area contributed by atoms with Crippen molar-refractivity contribution in [2.45, 2.75) is 58.9 Å². The van der Waals surface area contributed by atoms with Crippen molar-refractivity contribution in [1.29, 1.82) is 0 Å². The molecule has 0 radical (unpaired) electrons. The van der Waals surface area contributed by atoms with Gasteiger partial charge in [0.05, 0.1) is 0 Å². The largest absolute Gasteiger partial charge is 0.106 e. The van der Waals surface area contributed by atoms with E-state index in [-0.39, 0.29) is 0 Å². The average molecular weight is 184 g/mol. The molecule has 0 spiro atoms. The molecule has 12 heavy (non-hydrogen) atoms. The minimum absolute atomic E-state index is 0.546. The van der Waals surface area contributed by atoms with E-state index < -0.39 is 0 Å². The zero-order valence-corrected chi connectivity index (χ0v) is 10.5. The van der Waals surface area contributed by atoms with E-state index in [0.717, 1.165) is 5.92 Å². The summed E-state index contributed by atoms with van der Waals surface area (Å²) in [5.41, 5.74) is 2.55. The molecule has 0 amide bonds. The smallest absolute Gasteiger partial charge is 0.00585 e. The summed E-state index contributed by atoms with van der Waals surface area (Å²) in [7, 11) is 0.546. The van der Waals surface area contributed by atoms with Crippen molar-refractivity contribution < 1.29 is 0 Å². The SMILES string of the molecule is CCC(C)CC=[SiH]C(C)(C)CC. The summed E-state index contributed by atoms with van der Waals surface area (Å²) in [4.78, 5) is 0. The molecule has 0 aromatic heterocycles. The number of hydrogen-bond acceptors (Lipinski definition) is 0. The highest BCUT2D eigenvalue weighted by atomic mass is 28.2. The van der Waals surface area contributed by atoms with Crippen LogP contribution in [0, 0.1) is 5.92 Å². The second-order valence-corrected chi connectivity index (χ2v) is 6.86. The molecule has 0 heterocycles. The van der Waals surface area contributed by atoms with E-state index in [1.807, 2.05) is 0 Å². The Morgan fingerprint density at radius 3 is 2.33 bits per heavy atom. The van der Waals surface area contributed by atoms with Crippen LogP contribution in [0.4, 0.5) is 0 Å². The molecule has 0 bridgehead atoms. The van der Waals surface area contributed by atoms with Gasteiger partial charge in [0, 0.05) is 0 Å². The van der Waals surface area contributed by atoms with Crippen molar-refractivity contribution >= 4 is 14.8 Å². The zero-order chi connectivity index (χ0) is 9.61. The van der Waals surface area contributed by atoms with Crippen LogP contribution in [0.1, 0.15) is 53.9 Å². The predicted molar refractivity (Wildman–Crippen MR) is 61.6 cm³/mol. The first kappa shape index (κ1) is 12.1. The van der Waals surface area contributed by atoms with E-state index in [1.165, 1.54) is 19.3 Å². The molecule has 0 aliphatic rings. The lowest BCUT2D eigenvalue weighted by Gasteiger charge is -2.16. The van der Waals surface area contributed by atoms with E-state index in [0.29, 0.717) is 14.2 Å². The van der Waals surface area contributed by atoms with Crippen LogP contribution in [0.2, 0.25) is 5.04 Å². The minimum Gasteiger partial charge on any atom is -0.106 e. The van der Waals surface area contributed by atoms with Gasteiger partial charge in [-0.25, -0.2) is 0 Å². The van der Waals surface area contributed by atoms with Gasteiger partial charge in [0.25, 0.3) is 0 Å². The maximum absolute atomic E-state index is 2.55. The Kier molecular flexibility index (Phi) is 5.73. The lowest BCUT2D eigenvalue weighted by atomic mass is 10.1. The molecule has 0 aliphatic heterocycles. The van der Waals surface area contributed by atoms with Crippen LogP contribution in [0.3, 0.4) is 0 Å². The molecule has 0 aromatic rings. The fraction of sp³-hybridized carbons (Fsp3) is 0.909. The molecule has 0 saturated heterocycles. The standard InChI is InChI=1S/C11H24Si/c1-6-10(3)8-9-12-11(4,5)7-2/h9-10,12H,6-8H2,1-5H3. The quantitative estimate of drug-likeness (QED) is 0.575. The van der Waals surface area contributed by atoms with Crippen molar-refractivity contribution in [1.82, 2.24) is 0 Å². The molecule has 72 valence electrons. The summed E-state index contributed by atoms with van der Waals surface area (Å²) in [5.74, 6) is 0.894. The first-order valence-corrected chi connectivity index (χ1v) is 6.44. The minimum atomic E-state index is 0.546. The Morgan fingerprint density at radius 1 is 1.33 bits per heavy atom. The van der Waals surface area contributed by atoms with Gasteiger partial charge in [-0.1, -0.05) is 47.5 Å². The molecule has 0 fully saturated rings. The zero-order valence-electron chi connectivity index (χ0n) is 9.35. The monoisotopic (exact) mass is 184 g/mol. The lowest BCUT2D eigenvalue weighted by molar-refractivity contribution is 0.593. The first-order valence-electron chi connectivity index (χ1n) is 5.19. The maximum Gasteiger partial charge on any atom is -0.00585 e. The second kappa shape index (κ2) is 5.68. The van der Waals surface area contributed by atoms with E-state index in [4.69, 9.17) is 0 Å². The van der Waals surface area contributed by atoms with Gasteiger partial charge < -0.3 is 0 Å². The molecule has 0 rings (SSSR count). The molecule has 0 aliphatic carbocycles. The van der Waals surface area contributed by atoms with Gasteiger partial charge in [0.15, 0.2) is 0 Å². The highest BCUT2D eigenvalue weighted by Crippen LogP contribution is 2.23. The molecule has 0 nitrogen and oxygen atoms in total. The molecular weight excluding hydrogens is 160 g/mol. The van der Waals surface area contributed by atoms with Crippen LogP contribution in [0.25, 0.3) is 0 Å². The average Bonchev–Trinajstić information content (AvgIpc) is 2.04. The Balaban J connectivity index is 3.75. The molecule has 1 atom stereocenters. The summed E-state index contributed by atoms with van der Waals surface area (Å²) < 4.78 is 0. The second-order valence-electron chi connectivity index (χ2n) is 4.49. The third-order valence-corrected chi connectivity index (χ3v) is 4.53. The van der Waals surface area contributed by atoms with Crippen LogP contribution in [0.15, 0.2) is 0 Å². The van der Waals surface area contributed by atoms with Crippen LogP contribution < -0.4 is 0 Å². The normalized spacial score (nSPS) is 15.4. The van der Waals surface area contributed by atoms with Crippen LogP contribution >= 0.6 is 0 Å². The fourth-order valence-electron chi connectivity index (χ4n) is 0.904. The van der Waals surface area contributed by atoms with Gasteiger partial charge in [-0.15, -0.1) is 5.67 Å². The summed E-state index contributed by atoms with van der Waals surface area (Å²) in [5, 5.41) is 0.605. The predicted octanol–water partition coefficient (Wildman–Crippen LogP) is 3.27. The van der Waals surface area contributed by atoms with Gasteiger partial charge in [-0.3, -0.25) is 0 Å². The summed E-state index contributed by atoms with van der Waals surface area (Å²) >= 11 is 0. The Hall–Kier alpha value is 0.0869. The summed E-state index contributed by atoms with van der Waals surface area (Å²) in [6, 6.07) is 0. The molecule has 0 N–H and O–H groups in total. The van der Waals surface area contributed by atoms with Crippen LogP contribution in [-0.2, 0) is 0 Å². The van der Waals surface area contributed by atoms with E-state index in [9.17, 15) is 0 Å². The molecular formula is C11H24Si. The maximum atomic E-state index is 2.55. The third kappa shape index (κ3) is 5.70. The lowest BCUT2D eigenvalue weighted by Crippen LogP contribution is -2.08. The molecule has 0 saturated carbocycles. The van der Waals surface area contributed by atoms with Crippen molar-refractivity contribution in [3.8, 4) is 0 Å². The Labute approximate surface area is 80.2 Å². The van der Waals surface area contributed by atoms with Crippen molar-refractivity contribution in [3.05, 3.63) is 0 Å². The highest BCUT2D eigenvalue weighted by Gasteiger charge is 2.09. The van der Waals surface area contributed by atoms with Crippen molar-refractivity contribution in [2.24, 2.45) is 5.92 Å². The van der Waals surface area contributed by atoms with Gasteiger partial charge >= 0.3 is 0 Å². The summed E-state index contributed by atoms with van der Waals surface area (Å²) in [6.07, 6.45) is 3.97. The van der Waals surface area contributed by atoms with Crippen molar-refractivity contribution in [3.63, 3.8) is 0 Å². The number of hydrogen-bond donors (Lipinski definition) is 0. The van der Waals surface area contributed by atoms with Gasteiger partial charge in [0.2, 0.25) is 0 Å². The van der Waals surface area contributed by atoms with Crippen LogP contribution in [0.5, 0.6) is 0 Å². The van der Waals surface area contributed by atoms with Gasteiger partial charge in [0.1, 0.15) is 0 Å². The molecule has 1 heteroatoms. The van der Waals surface area contributed by atoms with Crippen LogP contribution in [-0.4, -0.2) is 14.8 Å². The highest BCUT2D eigenvalue weighted by molar-refractivity contribution is 6.50. The first-order chi connectivity index (χ1) is 5.52. The fourth-order valence-corrected chi connectivity index (χ4v) is 2.38. The van der Waals surface area contributed by atoms with E-state index in [1.54, 1.807) is 0 Å². The van der Waals surface area contributed by atoms with E-state index in [2.05, 4.69) is 40.3 Å². The molecule has 1 unspecified atom stereocenters. The van der Waals surface area contributed by atoms with Gasteiger partial charge in [-0.05, 0) is 26.5 Å². The Morgan fingerprint density at radius 2 is 1.92 bits per heavy atom. The Bertz CT molecular complexity index is 136. The number of rotatable bonds is 5. The summed E-state index contributed by atoms with van der Waals surface area (Å²) in [6.45, 7) is 11.7.